The van der Waals surface area contributed by atoms with Gasteiger partial charge in [-0.3, -0.25) is 4.79 Å². The molecule has 0 radical (unpaired) electrons. The van der Waals surface area contributed by atoms with Gasteiger partial charge in [0.05, 0.1) is 35.8 Å². The van der Waals surface area contributed by atoms with Crippen molar-refractivity contribution >= 4 is 27.6 Å². The number of esters is 1. The summed E-state index contributed by atoms with van der Waals surface area (Å²) in [6, 6.07) is 7.88. The molecule has 0 aliphatic rings. The van der Waals surface area contributed by atoms with Gasteiger partial charge in [-0.15, -0.1) is 0 Å². The Balaban J connectivity index is 2.50. The predicted octanol–water partition coefficient (Wildman–Crippen LogP) is 1.63. The normalized spacial score (nSPS) is 10.8. The van der Waals surface area contributed by atoms with Crippen LogP contribution in [-0.4, -0.2) is 38.8 Å². The number of carbonyl (C=O) groups excluding carboxylic acids is 1. The maximum atomic E-state index is 12.0. The second-order valence-corrected chi connectivity index (χ2v) is 7.23. The molecule has 20 heavy (non-hydrogen) atoms. The van der Waals surface area contributed by atoms with Crippen molar-refractivity contribution in [3.05, 3.63) is 29.8 Å². The van der Waals surface area contributed by atoms with Crippen LogP contribution in [0, 0.1) is 11.3 Å². The van der Waals surface area contributed by atoms with E-state index in [1.165, 1.54) is 31.0 Å². The van der Waals surface area contributed by atoms with Crippen LogP contribution in [0.2, 0.25) is 0 Å². The van der Waals surface area contributed by atoms with Gasteiger partial charge >= 0.3 is 5.97 Å². The highest BCUT2D eigenvalue weighted by atomic mass is 32.2. The van der Waals surface area contributed by atoms with Crippen LogP contribution in [0.25, 0.3) is 0 Å². The lowest BCUT2D eigenvalue weighted by molar-refractivity contribution is -0.140. The smallest absolute Gasteiger partial charge is 0.306 e. The molecule has 0 heterocycles. The lowest BCUT2D eigenvalue weighted by Crippen LogP contribution is -2.10. The Labute approximate surface area is 122 Å². The summed E-state index contributed by atoms with van der Waals surface area (Å²) in [5.74, 6) is 0.603. The molecule has 1 aromatic rings. The van der Waals surface area contributed by atoms with E-state index in [2.05, 4.69) is 4.74 Å². The number of ether oxygens (including phenoxy) is 1. The first-order chi connectivity index (χ1) is 9.49. The number of hydrogen-bond donors (Lipinski definition) is 0. The van der Waals surface area contributed by atoms with E-state index in [9.17, 15) is 13.2 Å². The Morgan fingerprint density at radius 1 is 1.40 bits per heavy atom. The number of carbonyl (C=O) groups is 1. The van der Waals surface area contributed by atoms with E-state index < -0.39 is 9.84 Å². The number of thioether (sulfide) groups is 1. The van der Waals surface area contributed by atoms with Crippen LogP contribution < -0.4 is 0 Å². The number of nitrogens with zero attached hydrogens (tertiary/aromatic N) is 1. The number of benzene rings is 1. The van der Waals surface area contributed by atoms with Crippen LogP contribution in [0.5, 0.6) is 0 Å². The van der Waals surface area contributed by atoms with Gasteiger partial charge in [0.2, 0.25) is 0 Å². The van der Waals surface area contributed by atoms with Crippen molar-refractivity contribution in [1.29, 1.82) is 5.26 Å². The van der Waals surface area contributed by atoms with Gasteiger partial charge in [0.15, 0.2) is 9.84 Å². The van der Waals surface area contributed by atoms with E-state index in [4.69, 9.17) is 5.26 Å². The molecule has 0 saturated heterocycles. The van der Waals surface area contributed by atoms with Crippen LogP contribution in [0.1, 0.15) is 12.0 Å². The lowest BCUT2D eigenvalue weighted by atomic mass is 10.2. The maximum Gasteiger partial charge on any atom is 0.306 e. The predicted molar refractivity (Wildman–Crippen MR) is 77.2 cm³/mol. The van der Waals surface area contributed by atoms with E-state index in [0.717, 1.165) is 0 Å². The molecule has 0 aromatic heterocycles. The quantitative estimate of drug-likeness (QED) is 0.562. The van der Waals surface area contributed by atoms with Crippen LogP contribution in [-0.2, 0) is 19.4 Å². The fourth-order valence-electron chi connectivity index (χ4n) is 1.41. The number of nitriles is 1. The van der Waals surface area contributed by atoms with Crippen molar-refractivity contribution in [2.75, 3.05) is 24.4 Å². The summed E-state index contributed by atoms with van der Waals surface area (Å²) in [7, 11) is -2.07. The molecule has 1 aromatic carbocycles. The summed E-state index contributed by atoms with van der Waals surface area (Å²) < 4.78 is 28.6. The van der Waals surface area contributed by atoms with Crippen LogP contribution in [0.15, 0.2) is 29.2 Å². The lowest BCUT2D eigenvalue weighted by Gasteiger charge is -2.04. The summed E-state index contributed by atoms with van der Waals surface area (Å²) in [6.45, 7) is 0. The molecule has 1 rings (SSSR count). The third kappa shape index (κ3) is 5.23. The van der Waals surface area contributed by atoms with Crippen molar-refractivity contribution < 1.29 is 17.9 Å². The van der Waals surface area contributed by atoms with E-state index in [1.807, 2.05) is 6.07 Å². The SMILES string of the molecule is COC(=O)CCSCCS(=O)(=O)c1cccc(C#N)c1. The average molecular weight is 313 g/mol. The fourth-order valence-corrected chi connectivity index (χ4v) is 4.10. The Morgan fingerprint density at radius 3 is 2.80 bits per heavy atom. The molecule has 0 aliphatic heterocycles. The van der Waals surface area contributed by atoms with Crippen LogP contribution in [0.3, 0.4) is 0 Å². The molecule has 0 spiro atoms. The van der Waals surface area contributed by atoms with Gasteiger partial charge in [-0.25, -0.2) is 8.42 Å². The van der Waals surface area contributed by atoms with Crippen LogP contribution >= 0.6 is 11.8 Å². The summed E-state index contributed by atoms with van der Waals surface area (Å²) in [5, 5.41) is 8.76. The molecule has 5 nitrogen and oxygen atoms in total. The molecule has 0 bridgehead atoms. The van der Waals surface area contributed by atoms with E-state index >= 15 is 0 Å². The summed E-state index contributed by atoms with van der Waals surface area (Å²) in [5.41, 5.74) is 0.324. The van der Waals surface area contributed by atoms with Gasteiger partial charge in [0, 0.05) is 11.5 Å². The van der Waals surface area contributed by atoms with Gasteiger partial charge in [0.25, 0.3) is 0 Å². The standard InChI is InChI=1S/C13H15NO4S2/c1-18-13(15)5-6-19-7-8-20(16,17)12-4-2-3-11(9-12)10-14/h2-4,9H,5-8H2,1H3. The zero-order valence-electron chi connectivity index (χ0n) is 11.0. The number of sulfone groups is 1. The highest BCUT2D eigenvalue weighted by Crippen LogP contribution is 2.15. The van der Waals surface area contributed by atoms with Crippen molar-refractivity contribution in [1.82, 2.24) is 0 Å². The molecule has 0 N–H and O–H groups in total. The minimum Gasteiger partial charge on any atom is -0.469 e. The van der Waals surface area contributed by atoms with Gasteiger partial charge in [0.1, 0.15) is 0 Å². The van der Waals surface area contributed by atoms with Crippen molar-refractivity contribution in [3.63, 3.8) is 0 Å². The highest BCUT2D eigenvalue weighted by Gasteiger charge is 2.14. The molecular weight excluding hydrogens is 298 g/mol. The van der Waals surface area contributed by atoms with E-state index in [0.29, 0.717) is 17.1 Å². The van der Waals surface area contributed by atoms with Gasteiger partial charge in [-0.05, 0) is 18.2 Å². The third-order valence-corrected chi connectivity index (χ3v) is 5.45. The Bertz CT molecular complexity index is 605. The molecule has 0 unspecified atom stereocenters. The second-order valence-electron chi connectivity index (χ2n) is 3.90. The summed E-state index contributed by atoms with van der Waals surface area (Å²) in [4.78, 5) is 11.0. The zero-order chi connectivity index (χ0) is 15.0. The highest BCUT2D eigenvalue weighted by molar-refractivity contribution is 8.00. The summed E-state index contributed by atoms with van der Waals surface area (Å²) in [6.07, 6.45) is 0.269. The maximum absolute atomic E-state index is 12.0. The fraction of sp³-hybridized carbons (Fsp3) is 0.385. The van der Waals surface area contributed by atoms with Gasteiger partial charge < -0.3 is 4.74 Å². The monoisotopic (exact) mass is 313 g/mol. The molecule has 0 atom stereocenters. The number of methoxy groups -OCH3 is 1. The van der Waals surface area contributed by atoms with Gasteiger partial charge in [-0.2, -0.15) is 17.0 Å². The first-order valence-electron chi connectivity index (χ1n) is 5.87. The molecular formula is C13H15NO4S2. The molecule has 7 heteroatoms. The minimum atomic E-state index is -3.39. The molecule has 0 aliphatic carbocycles. The average Bonchev–Trinajstić information content (AvgIpc) is 2.46. The Kier molecular flexibility index (Phi) is 6.55. The topological polar surface area (TPSA) is 84.2 Å². The molecule has 0 saturated carbocycles. The number of hydrogen-bond acceptors (Lipinski definition) is 6. The van der Waals surface area contributed by atoms with E-state index in [-0.39, 0.29) is 23.0 Å². The van der Waals surface area contributed by atoms with Crippen LogP contribution in [0.4, 0.5) is 0 Å². The second kappa shape index (κ2) is 7.92. The van der Waals surface area contributed by atoms with Crippen molar-refractivity contribution in [3.8, 4) is 6.07 Å². The Morgan fingerprint density at radius 2 is 2.15 bits per heavy atom. The zero-order valence-corrected chi connectivity index (χ0v) is 12.7. The van der Waals surface area contributed by atoms with E-state index in [1.54, 1.807) is 12.1 Å². The first-order valence-corrected chi connectivity index (χ1v) is 8.68. The third-order valence-electron chi connectivity index (χ3n) is 2.50. The van der Waals surface area contributed by atoms with Gasteiger partial charge in [-0.1, -0.05) is 6.07 Å². The molecule has 108 valence electrons. The van der Waals surface area contributed by atoms with Crippen molar-refractivity contribution in [2.24, 2.45) is 0 Å². The van der Waals surface area contributed by atoms with Crippen molar-refractivity contribution in [2.45, 2.75) is 11.3 Å². The summed E-state index contributed by atoms with van der Waals surface area (Å²) >= 11 is 1.38. The Hall–Kier alpha value is -1.52. The molecule has 0 fully saturated rings. The molecule has 0 amide bonds. The number of rotatable bonds is 7. The minimum absolute atomic E-state index is 0.0201. The first kappa shape index (κ1) is 16.5. The largest absolute Gasteiger partial charge is 0.469 e.